The van der Waals surface area contributed by atoms with E-state index in [0.717, 1.165) is 5.56 Å². The third-order valence-electron chi connectivity index (χ3n) is 8.02. The second kappa shape index (κ2) is 14.1. The quantitative estimate of drug-likeness (QED) is 0.196. The van der Waals surface area contributed by atoms with Crippen molar-refractivity contribution >= 4 is 44.6 Å². The molecule has 3 aromatic carbocycles. The standard InChI is InChI=1S/C36H41N3O8S/c1-6-45-34(41)32-25(2)30-24-29(16-17-31(30)46-32)48(43,44)39(19-18-26-10-8-7-9-11-26)28-14-12-27(13-15-28)33(40)37-20-22-38(23-21-37)35(42)47-36(3,4)5/h7-17,24H,6,18-23H2,1-5H3. The second-order valence-electron chi connectivity index (χ2n) is 12.6. The molecule has 1 aliphatic heterocycles. The van der Waals surface area contributed by atoms with Crippen LogP contribution in [-0.2, 0) is 25.9 Å². The van der Waals surface area contributed by atoms with Crippen LogP contribution in [0.2, 0.25) is 0 Å². The van der Waals surface area contributed by atoms with Crippen LogP contribution in [0, 0.1) is 6.92 Å². The van der Waals surface area contributed by atoms with Gasteiger partial charge in [-0.25, -0.2) is 18.0 Å². The van der Waals surface area contributed by atoms with Gasteiger partial charge in [-0.3, -0.25) is 9.10 Å². The van der Waals surface area contributed by atoms with Gasteiger partial charge in [-0.05, 0) is 89.1 Å². The highest BCUT2D eigenvalue weighted by Gasteiger charge is 2.30. The molecule has 0 spiro atoms. The number of carbonyl (C=O) groups is 3. The fourth-order valence-corrected chi connectivity index (χ4v) is 7.01. The summed E-state index contributed by atoms with van der Waals surface area (Å²) in [5, 5.41) is 0.495. The molecule has 1 aromatic heterocycles. The zero-order valence-corrected chi connectivity index (χ0v) is 28.7. The first-order valence-corrected chi connectivity index (χ1v) is 17.4. The van der Waals surface area contributed by atoms with Gasteiger partial charge >= 0.3 is 12.1 Å². The summed E-state index contributed by atoms with van der Waals surface area (Å²) in [5.41, 5.74) is 2.04. The number of rotatable bonds is 9. The summed E-state index contributed by atoms with van der Waals surface area (Å²) in [6.07, 6.45) is 0.0418. The highest BCUT2D eigenvalue weighted by Crippen LogP contribution is 2.31. The van der Waals surface area contributed by atoms with Crippen LogP contribution in [0.3, 0.4) is 0 Å². The molecular weight excluding hydrogens is 634 g/mol. The number of hydrogen-bond acceptors (Lipinski definition) is 8. The van der Waals surface area contributed by atoms with Crippen molar-refractivity contribution in [2.75, 3.05) is 43.6 Å². The fourth-order valence-electron chi connectivity index (χ4n) is 5.51. The molecule has 2 amide bonds. The molecule has 1 fully saturated rings. The number of ether oxygens (including phenoxy) is 2. The lowest BCUT2D eigenvalue weighted by Crippen LogP contribution is -2.51. The first-order chi connectivity index (χ1) is 22.8. The minimum Gasteiger partial charge on any atom is -0.460 e. The predicted octanol–water partition coefficient (Wildman–Crippen LogP) is 6.05. The molecule has 0 N–H and O–H groups in total. The van der Waals surface area contributed by atoms with E-state index >= 15 is 0 Å². The maximum atomic E-state index is 14.3. The molecule has 11 nitrogen and oxygen atoms in total. The van der Waals surface area contributed by atoms with Gasteiger partial charge in [0.1, 0.15) is 11.2 Å². The number of amides is 2. The molecule has 2 heterocycles. The molecule has 0 radical (unpaired) electrons. The summed E-state index contributed by atoms with van der Waals surface area (Å²) in [6.45, 7) is 10.5. The number of piperazine rings is 1. The van der Waals surface area contributed by atoms with Gasteiger partial charge in [-0.15, -0.1) is 0 Å². The Morgan fingerprint density at radius 2 is 1.54 bits per heavy atom. The lowest BCUT2D eigenvalue weighted by Gasteiger charge is -2.35. The van der Waals surface area contributed by atoms with Gasteiger partial charge in [0.15, 0.2) is 0 Å². The van der Waals surface area contributed by atoms with E-state index in [-0.39, 0.29) is 29.7 Å². The van der Waals surface area contributed by atoms with Crippen molar-refractivity contribution in [2.24, 2.45) is 0 Å². The van der Waals surface area contributed by atoms with Crippen molar-refractivity contribution in [3.05, 3.63) is 95.2 Å². The number of fused-ring (bicyclic) bond motifs is 1. The van der Waals surface area contributed by atoms with Crippen molar-refractivity contribution in [2.45, 2.75) is 51.5 Å². The molecule has 0 unspecified atom stereocenters. The zero-order chi connectivity index (χ0) is 34.6. The largest absolute Gasteiger partial charge is 0.460 e. The molecule has 0 aliphatic carbocycles. The van der Waals surface area contributed by atoms with Gasteiger partial charge in [-0.2, -0.15) is 0 Å². The van der Waals surface area contributed by atoms with Crippen LogP contribution in [0.15, 0.2) is 82.1 Å². The van der Waals surface area contributed by atoms with Gasteiger partial charge < -0.3 is 23.7 Å². The summed E-state index contributed by atoms with van der Waals surface area (Å²) in [6, 6.07) is 20.6. The molecular formula is C36H41N3O8S. The van der Waals surface area contributed by atoms with Crippen molar-refractivity contribution in [3.8, 4) is 0 Å². The maximum Gasteiger partial charge on any atom is 0.410 e. The Morgan fingerprint density at radius 1 is 0.896 bits per heavy atom. The number of esters is 1. The van der Waals surface area contributed by atoms with E-state index in [1.165, 1.54) is 22.5 Å². The third kappa shape index (κ3) is 7.65. The van der Waals surface area contributed by atoms with Gasteiger partial charge in [0.05, 0.1) is 17.2 Å². The van der Waals surface area contributed by atoms with Crippen molar-refractivity contribution < 1.29 is 36.7 Å². The summed E-state index contributed by atoms with van der Waals surface area (Å²) in [5.74, 6) is -0.782. The number of benzene rings is 3. The van der Waals surface area contributed by atoms with E-state index in [1.807, 2.05) is 51.1 Å². The molecule has 1 aliphatic rings. The summed E-state index contributed by atoms with van der Waals surface area (Å²) >= 11 is 0. The molecule has 0 atom stereocenters. The first kappa shape index (κ1) is 34.5. The molecule has 0 bridgehead atoms. The van der Waals surface area contributed by atoms with Crippen LogP contribution in [0.25, 0.3) is 11.0 Å². The monoisotopic (exact) mass is 675 g/mol. The SMILES string of the molecule is CCOC(=O)c1oc2ccc(S(=O)(=O)N(CCc3ccccc3)c3ccc(C(=O)N4CCN(C(=O)OC(C)(C)C)CC4)cc3)cc2c1C. The van der Waals surface area contributed by atoms with E-state index in [4.69, 9.17) is 13.9 Å². The molecule has 4 aromatic rings. The Balaban J connectivity index is 1.39. The predicted molar refractivity (Wildman–Crippen MR) is 182 cm³/mol. The van der Waals surface area contributed by atoms with E-state index in [2.05, 4.69) is 0 Å². The van der Waals surface area contributed by atoms with Gasteiger partial charge in [0, 0.05) is 49.2 Å². The summed E-state index contributed by atoms with van der Waals surface area (Å²) in [7, 11) is -4.10. The van der Waals surface area contributed by atoms with E-state index in [9.17, 15) is 22.8 Å². The van der Waals surface area contributed by atoms with E-state index in [1.54, 1.807) is 47.9 Å². The van der Waals surface area contributed by atoms with Crippen LogP contribution in [0.1, 0.15) is 59.7 Å². The average Bonchev–Trinajstić information content (AvgIpc) is 3.40. The number of furan rings is 1. The highest BCUT2D eigenvalue weighted by molar-refractivity contribution is 7.92. The lowest BCUT2D eigenvalue weighted by molar-refractivity contribution is 0.0140. The van der Waals surface area contributed by atoms with Crippen LogP contribution in [0.5, 0.6) is 0 Å². The molecule has 48 heavy (non-hydrogen) atoms. The Labute approximate surface area is 281 Å². The van der Waals surface area contributed by atoms with E-state index in [0.29, 0.717) is 60.4 Å². The Kier molecular flexibility index (Phi) is 10.1. The zero-order valence-electron chi connectivity index (χ0n) is 27.9. The number of carbonyl (C=O) groups excluding carboxylic acids is 3. The van der Waals surface area contributed by atoms with E-state index < -0.39 is 27.7 Å². The molecule has 5 rings (SSSR count). The molecule has 12 heteroatoms. The van der Waals surface area contributed by atoms with Crippen LogP contribution >= 0.6 is 0 Å². The molecule has 254 valence electrons. The maximum absolute atomic E-state index is 14.3. The fraction of sp³-hybridized carbons (Fsp3) is 0.361. The number of aryl methyl sites for hydroxylation is 1. The average molecular weight is 676 g/mol. The number of nitrogens with zero attached hydrogens (tertiary/aromatic N) is 3. The van der Waals surface area contributed by atoms with Gasteiger partial charge in [0.25, 0.3) is 15.9 Å². The van der Waals surface area contributed by atoms with Crippen molar-refractivity contribution in [1.29, 1.82) is 0 Å². The minimum atomic E-state index is -4.10. The smallest absolute Gasteiger partial charge is 0.410 e. The van der Waals surface area contributed by atoms with Crippen LogP contribution < -0.4 is 4.31 Å². The highest BCUT2D eigenvalue weighted by atomic mass is 32.2. The van der Waals surface area contributed by atoms with Crippen LogP contribution in [-0.4, -0.2) is 81.1 Å². The number of hydrogen-bond donors (Lipinski definition) is 0. The minimum absolute atomic E-state index is 0.0328. The Bertz CT molecular complexity index is 1890. The van der Waals surface area contributed by atoms with Crippen molar-refractivity contribution in [1.82, 2.24) is 9.80 Å². The summed E-state index contributed by atoms with van der Waals surface area (Å²) in [4.78, 5) is 41.5. The Hall–Kier alpha value is -4.84. The van der Waals surface area contributed by atoms with Gasteiger partial charge in [0.2, 0.25) is 5.76 Å². The first-order valence-electron chi connectivity index (χ1n) is 15.9. The Morgan fingerprint density at radius 3 is 2.17 bits per heavy atom. The van der Waals surface area contributed by atoms with Crippen LogP contribution in [0.4, 0.5) is 10.5 Å². The topological polar surface area (TPSA) is 127 Å². The summed E-state index contributed by atoms with van der Waals surface area (Å²) < 4.78 is 46.1. The number of anilines is 1. The van der Waals surface area contributed by atoms with Crippen molar-refractivity contribution in [3.63, 3.8) is 0 Å². The molecule has 0 saturated carbocycles. The number of sulfonamides is 1. The molecule has 1 saturated heterocycles. The second-order valence-corrected chi connectivity index (χ2v) is 14.4. The lowest BCUT2D eigenvalue weighted by atomic mass is 10.1. The normalized spacial score (nSPS) is 13.8. The third-order valence-corrected chi connectivity index (χ3v) is 9.85. The van der Waals surface area contributed by atoms with Gasteiger partial charge in [-0.1, -0.05) is 30.3 Å².